The van der Waals surface area contributed by atoms with Crippen molar-refractivity contribution in [1.29, 1.82) is 0 Å². The second-order valence-corrected chi connectivity index (χ2v) is 7.86. The summed E-state index contributed by atoms with van der Waals surface area (Å²) in [5.74, 6) is 1.03. The minimum absolute atomic E-state index is 0.00548. The number of para-hydroxylation sites is 1. The lowest BCUT2D eigenvalue weighted by molar-refractivity contribution is -0.115. The Morgan fingerprint density at radius 2 is 1.53 bits per heavy atom. The summed E-state index contributed by atoms with van der Waals surface area (Å²) >= 11 is 1.39. The molecule has 0 radical (unpaired) electrons. The van der Waals surface area contributed by atoms with E-state index in [1.807, 2.05) is 77.4 Å². The Kier molecular flexibility index (Phi) is 5.95. The number of hydrogen-bond acceptors (Lipinski definition) is 4. The molecule has 0 fully saturated rings. The second kappa shape index (κ2) is 8.97. The van der Waals surface area contributed by atoms with E-state index in [0.29, 0.717) is 5.16 Å². The Balaban J connectivity index is 1.62. The molecule has 0 unspecified atom stereocenters. The Morgan fingerprint density at radius 3 is 2.20 bits per heavy atom. The van der Waals surface area contributed by atoms with Gasteiger partial charge in [-0.2, -0.15) is 0 Å². The fourth-order valence-corrected chi connectivity index (χ4v) is 3.95. The molecule has 150 valence electrons. The fourth-order valence-electron chi connectivity index (χ4n) is 3.08. The predicted molar refractivity (Wildman–Crippen MR) is 122 cm³/mol. The van der Waals surface area contributed by atoms with Gasteiger partial charge >= 0.3 is 0 Å². The molecule has 0 aliphatic rings. The van der Waals surface area contributed by atoms with Crippen LogP contribution in [-0.2, 0) is 4.79 Å². The molecule has 0 aliphatic carbocycles. The number of amides is 1. The third-order valence-electron chi connectivity index (χ3n) is 4.80. The van der Waals surface area contributed by atoms with Crippen molar-refractivity contribution in [2.75, 3.05) is 17.7 Å². The number of carbonyl (C=O) groups excluding carboxylic acids is 1. The van der Waals surface area contributed by atoms with Gasteiger partial charge in [0.15, 0.2) is 11.0 Å². The van der Waals surface area contributed by atoms with Crippen LogP contribution in [0.4, 0.5) is 5.69 Å². The summed E-state index contributed by atoms with van der Waals surface area (Å²) in [6.45, 7) is 2.06. The zero-order chi connectivity index (χ0) is 20.9. The summed E-state index contributed by atoms with van der Waals surface area (Å²) in [7, 11) is 1.79. The van der Waals surface area contributed by atoms with Gasteiger partial charge in [0.2, 0.25) is 5.91 Å². The molecule has 1 aromatic heterocycles. The van der Waals surface area contributed by atoms with E-state index in [1.54, 1.807) is 11.9 Å². The number of nitrogens with zero attached hydrogens (tertiary/aromatic N) is 4. The van der Waals surface area contributed by atoms with E-state index in [-0.39, 0.29) is 11.7 Å². The summed E-state index contributed by atoms with van der Waals surface area (Å²) in [5.41, 5.74) is 4.00. The molecule has 0 N–H and O–H groups in total. The van der Waals surface area contributed by atoms with E-state index < -0.39 is 0 Å². The Hall–Kier alpha value is -3.38. The quantitative estimate of drug-likeness (QED) is 0.417. The number of anilines is 1. The second-order valence-electron chi connectivity index (χ2n) is 6.92. The molecule has 4 rings (SSSR count). The minimum atomic E-state index is 0.00548. The number of rotatable bonds is 6. The van der Waals surface area contributed by atoms with Crippen molar-refractivity contribution in [2.45, 2.75) is 12.1 Å². The van der Waals surface area contributed by atoms with Gasteiger partial charge in [0.1, 0.15) is 0 Å². The summed E-state index contributed by atoms with van der Waals surface area (Å²) in [4.78, 5) is 14.4. The van der Waals surface area contributed by atoms with Crippen LogP contribution >= 0.6 is 11.8 Å². The van der Waals surface area contributed by atoms with Crippen molar-refractivity contribution >= 4 is 23.4 Å². The number of hydrogen-bond donors (Lipinski definition) is 0. The van der Waals surface area contributed by atoms with Crippen molar-refractivity contribution in [1.82, 2.24) is 14.8 Å². The topological polar surface area (TPSA) is 51.0 Å². The average Bonchev–Trinajstić information content (AvgIpc) is 3.22. The van der Waals surface area contributed by atoms with E-state index in [4.69, 9.17) is 0 Å². The van der Waals surface area contributed by atoms with Gasteiger partial charge in [0, 0.05) is 24.0 Å². The molecule has 0 saturated carbocycles. The molecule has 1 amide bonds. The number of aryl methyl sites for hydroxylation is 1. The first-order valence-electron chi connectivity index (χ1n) is 9.66. The van der Waals surface area contributed by atoms with E-state index in [1.165, 1.54) is 17.3 Å². The first-order chi connectivity index (χ1) is 14.6. The van der Waals surface area contributed by atoms with Gasteiger partial charge in [0.25, 0.3) is 0 Å². The van der Waals surface area contributed by atoms with E-state index in [0.717, 1.165) is 22.8 Å². The van der Waals surface area contributed by atoms with E-state index >= 15 is 0 Å². The van der Waals surface area contributed by atoms with Gasteiger partial charge in [-0.25, -0.2) is 0 Å². The third-order valence-corrected chi connectivity index (χ3v) is 5.71. The molecule has 4 aromatic rings. The van der Waals surface area contributed by atoms with E-state index in [2.05, 4.69) is 29.3 Å². The van der Waals surface area contributed by atoms with Crippen LogP contribution in [0.1, 0.15) is 5.56 Å². The lowest BCUT2D eigenvalue weighted by Gasteiger charge is -2.17. The van der Waals surface area contributed by atoms with Crippen molar-refractivity contribution in [3.8, 4) is 17.1 Å². The zero-order valence-corrected chi connectivity index (χ0v) is 17.7. The van der Waals surface area contributed by atoms with Crippen LogP contribution in [0.25, 0.3) is 17.1 Å². The maximum Gasteiger partial charge on any atom is 0.237 e. The third kappa shape index (κ3) is 4.28. The Labute approximate surface area is 180 Å². The number of benzene rings is 3. The van der Waals surface area contributed by atoms with Crippen LogP contribution in [0.15, 0.2) is 90.1 Å². The Bertz CT molecular complexity index is 1130. The Morgan fingerprint density at radius 1 is 0.900 bits per heavy atom. The molecule has 0 saturated heterocycles. The highest BCUT2D eigenvalue weighted by Gasteiger charge is 2.18. The smallest absolute Gasteiger partial charge is 0.237 e. The monoisotopic (exact) mass is 414 g/mol. The van der Waals surface area contributed by atoms with Crippen LogP contribution in [0.3, 0.4) is 0 Å². The molecule has 1 heterocycles. The highest BCUT2D eigenvalue weighted by atomic mass is 32.2. The molecular weight excluding hydrogens is 392 g/mol. The standard InChI is InChI=1S/C24H22N4OS/c1-18-13-15-21(16-14-18)28-23(19-9-5-3-6-10-19)25-26-24(28)30-17-22(29)27(2)20-11-7-4-8-12-20/h3-16H,17H2,1-2H3. The maximum atomic E-state index is 12.7. The van der Waals surface area contributed by atoms with Crippen LogP contribution in [0.2, 0.25) is 0 Å². The maximum absolute atomic E-state index is 12.7. The lowest BCUT2D eigenvalue weighted by atomic mass is 10.2. The number of aromatic nitrogens is 3. The minimum Gasteiger partial charge on any atom is -0.315 e. The van der Waals surface area contributed by atoms with Crippen LogP contribution < -0.4 is 4.90 Å². The molecular formula is C24H22N4OS. The van der Waals surface area contributed by atoms with E-state index in [9.17, 15) is 4.79 Å². The molecule has 0 aliphatic heterocycles. The largest absolute Gasteiger partial charge is 0.315 e. The van der Waals surface area contributed by atoms with Gasteiger partial charge in [-0.1, -0.05) is 78.0 Å². The molecule has 3 aromatic carbocycles. The van der Waals surface area contributed by atoms with Crippen molar-refractivity contribution in [2.24, 2.45) is 0 Å². The predicted octanol–water partition coefficient (Wildman–Crippen LogP) is 5.00. The molecule has 0 spiro atoms. The first-order valence-corrected chi connectivity index (χ1v) is 10.6. The van der Waals surface area contributed by atoms with Crippen LogP contribution in [0, 0.1) is 6.92 Å². The van der Waals surface area contributed by atoms with Crippen molar-refractivity contribution < 1.29 is 4.79 Å². The number of carbonyl (C=O) groups is 1. The van der Waals surface area contributed by atoms with Crippen molar-refractivity contribution in [3.05, 3.63) is 90.5 Å². The molecule has 30 heavy (non-hydrogen) atoms. The van der Waals surface area contributed by atoms with Crippen LogP contribution in [-0.4, -0.2) is 33.5 Å². The first kappa shape index (κ1) is 19.9. The van der Waals surface area contributed by atoms with Gasteiger partial charge in [0.05, 0.1) is 5.75 Å². The molecule has 0 bridgehead atoms. The van der Waals surface area contributed by atoms with Crippen LogP contribution in [0.5, 0.6) is 0 Å². The molecule has 5 nitrogen and oxygen atoms in total. The SMILES string of the molecule is Cc1ccc(-n2c(SCC(=O)N(C)c3ccccc3)nnc2-c2ccccc2)cc1. The normalized spacial score (nSPS) is 10.7. The summed E-state index contributed by atoms with van der Waals surface area (Å²) < 4.78 is 2.01. The van der Waals surface area contributed by atoms with Gasteiger partial charge in [-0.05, 0) is 31.2 Å². The summed E-state index contributed by atoms with van der Waals surface area (Å²) in [6.07, 6.45) is 0. The highest BCUT2D eigenvalue weighted by Crippen LogP contribution is 2.28. The van der Waals surface area contributed by atoms with Crippen molar-refractivity contribution in [3.63, 3.8) is 0 Å². The van der Waals surface area contributed by atoms with Gasteiger partial charge in [-0.3, -0.25) is 9.36 Å². The van der Waals surface area contributed by atoms with Gasteiger partial charge < -0.3 is 4.90 Å². The van der Waals surface area contributed by atoms with Gasteiger partial charge in [-0.15, -0.1) is 10.2 Å². The summed E-state index contributed by atoms with van der Waals surface area (Å²) in [5, 5.41) is 9.52. The molecule has 0 atom stereocenters. The fraction of sp³-hybridized carbons (Fsp3) is 0.125. The number of thioether (sulfide) groups is 1. The summed E-state index contributed by atoms with van der Waals surface area (Å²) in [6, 6.07) is 27.8. The average molecular weight is 415 g/mol. The lowest BCUT2D eigenvalue weighted by Crippen LogP contribution is -2.27. The molecule has 6 heteroatoms. The highest BCUT2D eigenvalue weighted by molar-refractivity contribution is 7.99. The zero-order valence-electron chi connectivity index (χ0n) is 16.9.